The van der Waals surface area contributed by atoms with Gasteiger partial charge in [-0.25, -0.2) is 4.98 Å². The summed E-state index contributed by atoms with van der Waals surface area (Å²) in [7, 11) is 4.19. The van der Waals surface area contributed by atoms with E-state index in [-0.39, 0.29) is 0 Å². The highest BCUT2D eigenvalue weighted by Crippen LogP contribution is 2.25. The lowest BCUT2D eigenvalue weighted by molar-refractivity contribution is 0.413. The predicted molar refractivity (Wildman–Crippen MR) is 90.6 cm³/mol. The van der Waals surface area contributed by atoms with Crippen molar-refractivity contribution >= 4 is 22.4 Å². The molecule has 0 aliphatic heterocycles. The molecule has 0 spiro atoms. The number of anilines is 2. The maximum atomic E-state index is 4.44. The standard InChI is InChI=1S/C17H21N5/c1-12-16-15(21-20-12)8-10-18-17(16)19-14-6-4-13(5-7-14)9-11-22(2)3/h4-8,10H,9,11H2,1-3H3,(H,18,19)(H,20,21). The molecule has 1 aromatic carbocycles. The number of rotatable bonds is 5. The van der Waals surface area contributed by atoms with E-state index in [0.29, 0.717) is 0 Å². The van der Waals surface area contributed by atoms with Crippen LogP contribution >= 0.6 is 0 Å². The Bertz CT molecular complexity index is 758. The number of nitrogens with zero attached hydrogens (tertiary/aromatic N) is 3. The monoisotopic (exact) mass is 295 g/mol. The molecular formula is C17H21N5. The van der Waals surface area contributed by atoms with Crippen molar-refractivity contribution in [1.29, 1.82) is 0 Å². The number of fused-ring (bicyclic) bond motifs is 1. The number of likely N-dealkylation sites (N-methyl/N-ethyl adjacent to an activating group) is 1. The second-order valence-corrected chi connectivity index (χ2v) is 5.78. The van der Waals surface area contributed by atoms with E-state index in [1.54, 1.807) is 6.20 Å². The zero-order valence-corrected chi connectivity index (χ0v) is 13.2. The third kappa shape index (κ3) is 3.09. The highest BCUT2D eigenvalue weighted by molar-refractivity contribution is 5.92. The Morgan fingerprint density at radius 2 is 1.91 bits per heavy atom. The summed E-state index contributed by atoms with van der Waals surface area (Å²) in [4.78, 5) is 6.63. The molecule has 114 valence electrons. The van der Waals surface area contributed by atoms with Crippen LogP contribution in [0.15, 0.2) is 36.5 Å². The van der Waals surface area contributed by atoms with E-state index >= 15 is 0 Å². The van der Waals surface area contributed by atoms with Crippen LogP contribution in [0, 0.1) is 6.92 Å². The fraction of sp³-hybridized carbons (Fsp3) is 0.294. The summed E-state index contributed by atoms with van der Waals surface area (Å²) >= 11 is 0. The molecule has 0 saturated heterocycles. The molecule has 2 heterocycles. The molecule has 3 aromatic rings. The van der Waals surface area contributed by atoms with Crippen LogP contribution in [0.5, 0.6) is 0 Å². The number of aromatic amines is 1. The van der Waals surface area contributed by atoms with Gasteiger partial charge in [0.1, 0.15) is 5.82 Å². The average Bonchev–Trinajstić information content (AvgIpc) is 2.89. The van der Waals surface area contributed by atoms with Gasteiger partial charge in [-0.3, -0.25) is 5.10 Å². The first kappa shape index (κ1) is 14.5. The van der Waals surface area contributed by atoms with Crippen LogP contribution < -0.4 is 5.32 Å². The largest absolute Gasteiger partial charge is 0.340 e. The topological polar surface area (TPSA) is 56.8 Å². The van der Waals surface area contributed by atoms with Crippen molar-refractivity contribution < 1.29 is 0 Å². The maximum absolute atomic E-state index is 4.44. The summed E-state index contributed by atoms with van der Waals surface area (Å²) in [5.41, 5.74) is 4.32. The van der Waals surface area contributed by atoms with Crippen molar-refractivity contribution in [3.05, 3.63) is 47.8 Å². The number of aryl methyl sites for hydroxylation is 1. The Morgan fingerprint density at radius 3 is 2.64 bits per heavy atom. The number of nitrogens with one attached hydrogen (secondary N) is 2. The normalized spacial score (nSPS) is 11.3. The van der Waals surface area contributed by atoms with Gasteiger partial charge in [0.05, 0.1) is 10.9 Å². The minimum Gasteiger partial charge on any atom is -0.340 e. The van der Waals surface area contributed by atoms with Crippen LogP contribution in [0.4, 0.5) is 11.5 Å². The van der Waals surface area contributed by atoms with Crippen molar-refractivity contribution in [2.75, 3.05) is 26.0 Å². The third-order valence-electron chi connectivity index (χ3n) is 3.71. The zero-order valence-electron chi connectivity index (χ0n) is 13.2. The first-order chi connectivity index (χ1) is 10.6. The summed E-state index contributed by atoms with van der Waals surface area (Å²) in [6.07, 6.45) is 2.83. The van der Waals surface area contributed by atoms with Crippen LogP contribution in [0.3, 0.4) is 0 Å². The Labute approximate surface area is 130 Å². The molecule has 2 aromatic heterocycles. The van der Waals surface area contributed by atoms with Crippen LogP contribution in [-0.2, 0) is 6.42 Å². The maximum Gasteiger partial charge on any atom is 0.141 e. The van der Waals surface area contributed by atoms with Gasteiger partial charge >= 0.3 is 0 Å². The van der Waals surface area contributed by atoms with Gasteiger partial charge in [0.2, 0.25) is 0 Å². The highest BCUT2D eigenvalue weighted by Gasteiger charge is 2.08. The Kier molecular flexibility index (Phi) is 4.06. The number of pyridine rings is 1. The van der Waals surface area contributed by atoms with Gasteiger partial charge in [0.25, 0.3) is 0 Å². The molecule has 5 heteroatoms. The van der Waals surface area contributed by atoms with E-state index < -0.39 is 0 Å². The zero-order chi connectivity index (χ0) is 15.5. The molecule has 0 amide bonds. The average molecular weight is 295 g/mol. The lowest BCUT2D eigenvalue weighted by Crippen LogP contribution is -2.14. The number of benzene rings is 1. The first-order valence-electron chi connectivity index (χ1n) is 7.44. The minimum absolute atomic E-state index is 0.838. The van der Waals surface area contributed by atoms with Crippen molar-refractivity contribution in [3.8, 4) is 0 Å². The summed E-state index contributed by atoms with van der Waals surface area (Å²) in [5.74, 6) is 0.838. The summed E-state index contributed by atoms with van der Waals surface area (Å²) in [5, 5.41) is 11.7. The summed E-state index contributed by atoms with van der Waals surface area (Å²) in [6.45, 7) is 3.06. The number of hydrogen-bond acceptors (Lipinski definition) is 4. The second kappa shape index (κ2) is 6.15. The molecule has 22 heavy (non-hydrogen) atoms. The number of aromatic nitrogens is 3. The second-order valence-electron chi connectivity index (χ2n) is 5.78. The van der Waals surface area contributed by atoms with E-state index in [1.165, 1.54) is 5.56 Å². The van der Waals surface area contributed by atoms with Gasteiger partial charge in [-0.2, -0.15) is 5.10 Å². The molecule has 0 aliphatic carbocycles. The van der Waals surface area contributed by atoms with Crippen molar-refractivity contribution in [2.45, 2.75) is 13.3 Å². The molecule has 0 unspecified atom stereocenters. The van der Waals surface area contributed by atoms with Gasteiger partial charge in [-0.1, -0.05) is 12.1 Å². The number of hydrogen-bond donors (Lipinski definition) is 2. The van der Waals surface area contributed by atoms with E-state index in [0.717, 1.165) is 41.1 Å². The van der Waals surface area contributed by atoms with Crippen LogP contribution in [-0.4, -0.2) is 40.7 Å². The van der Waals surface area contributed by atoms with Crippen molar-refractivity contribution in [1.82, 2.24) is 20.1 Å². The van der Waals surface area contributed by atoms with Crippen molar-refractivity contribution in [2.24, 2.45) is 0 Å². The summed E-state index contributed by atoms with van der Waals surface area (Å²) < 4.78 is 0. The molecule has 0 saturated carbocycles. The first-order valence-corrected chi connectivity index (χ1v) is 7.44. The highest BCUT2D eigenvalue weighted by atomic mass is 15.1. The molecular weight excluding hydrogens is 274 g/mol. The Morgan fingerprint density at radius 1 is 1.14 bits per heavy atom. The van der Waals surface area contributed by atoms with Crippen LogP contribution in [0.2, 0.25) is 0 Å². The molecule has 0 fully saturated rings. The van der Waals surface area contributed by atoms with E-state index in [4.69, 9.17) is 0 Å². The predicted octanol–water partition coefficient (Wildman–Crippen LogP) is 3.11. The van der Waals surface area contributed by atoms with Gasteiger partial charge in [0.15, 0.2) is 0 Å². The fourth-order valence-electron chi connectivity index (χ4n) is 2.45. The fourth-order valence-corrected chi connectivity index (χ4v) is 2.45. The Balaban J connectivity index is 1.79. The quantitative estimate of drug-likeness (QED) is 0.759. The SMILES string of the molecule is Cc1[nH]nc2ccnc(Nc3ccc(CCN(C)C)cc3)c12. The van der Waals surface area contributed by atoms with E-state index in [9.17, 15) is 0 Å². The number of H-pyrrole nitrogens is 1. The van der Waals surface area contributed by atoms with Crippen molar-refractivity contribution in [3.63, 3.8) is 0 Å². The lowest BCUT2D eigenvalue weighted by atomic mass is 10.1. The molecule has 3 rings (SSSR count). The van der Waals surface area contributed by atoms with E-state index in [1.807, 2.05) is 13.0 Å². The molecule has 0 bridgehead atoms. The molecule has 0 radical (unpaired) electrons. The van der Waals surface area contributed by atoms with Gasteiger partial charge in [-0.05, 0) is 51.2 Å². The van der Waals surface area contributed by atoms with Crippen LogP contribution in [0.1, 0.15) is 11.3 Å². The molecule has 2 N–H and O–H groups in total. The smallest absolute Gasteiger partial charge is 0.141 e. The summed E-state index contributed by atoms with van der Waals surface area (Å²) in [6, 6.07) is 10.4. The minimum atomic E-state index is 0.838. The van der Waals surface area contributed by atoms with Gasteiger partial charge in [-0.15, -0.1) is 0 Å². The Hall–Kier alpha value is -2.40. The van der Waals surface area contributed by atoms with Crippen LogP contribution in [0.25, 0.3) is 10.9 Å². The molecule has 0 atom stereocenters. The third-order valence-corrected chi connectivity index (χ3v) is 3.71. The van der Waals surface area contributed by atoms with E-state index in [2.05, 4.69) is 63.8 Å². The molecule has 0 aliphatic rings. The molecule has 5 nitrogen and oxygen atoms in total. The lowest BCUT2D eigenvalue weighted by Gasteiger charge is -2.10. The van der Waals surface area contributed by atoms with Gasteiger partial charge < -0.3 is 10.2 Å². The van der Waals surface area contributed by atoms with Gasteiger partial charge in [0, 0.05) is 24.1 Å².